The number of carboxylic acid groups (broad SMARTS) is 1. The van der Waals surface area contributed by atoms with Crippen LogP contribution in [0.2, 0.25) is 5.02 Å². The van der Waals surface area contributed by atoms with Gasteiger partial charge in [-0.25, -0.2) is 4.79 Å². The largest absolute Gasteiger partial charge is 0.494 e. The highest BCUT2D eigenvalue weighted by atomic mass is 35.5. The second-order valence-electron chi connectivity index (χ2n) is 7.83. The second kappa shape index (κ2) is 10.0. The fraction of sp³-hybridized carbons (Fsp3) is 0.261. The molecule has 8 nitrogen and oxygen atoms in total. The monoisotopic (exact) mass is 520 g/mol. The molecule has 0 bridgehead atoms. The van der Waals surface area contributed by atoms with Gasteiger partial charge in [-0.05, 0) is 54.0 Å². The highest BCUT2D eigenvalue weighted by Crippen LogP contribution is 2.33. The van der Waals surface area contributed by atoms with E-state index in [1.165, 1.54) is 4.57 Å². The van der Waals surface area contributed by atoms with Gasteiger partial charge in [-0.1, -0.05) is 29.8 Å². The predicted molar refractivity (Wildman–Crippen MR) is 130 cm³/mol. The SMILES string of the molecule is CN1C(=O)OCC1Cc1ccc(Oc2ccc(Cc3sc(=S)n(CC(=O)O)c3O)cc2Cl)cc1. The number of hydrogen-bond acceptors (Lipinski definition) is 7. The van der Waals surface area contributed by atoms with Crippen molar-refractivity contribution in [2.75, 3.05) is 13.7 Å². The van der Waals surface area contributed by atoms with Crippen LogP contribution in [0.5, 0.6) is 17.4 Å². The number of aromatic nitrogens is 1. The number of amides is 1. The average Bonchev–Trinajstić information content (AvgIpc) is 3.24. The summed E-state index contributed by atoms with van der Waals surface area (Å²) in [7, 11) is 1.73. The maximum atomic E-state index is 11.5. The first-order valence-electron chi connectivity index (χ1n) is 10.3. The van der Waals surface area contributed by atoms with Crippen molar-refractivity contribution in [3.63, 3.8) is 0 Å². The maximum Gasteiger partial charge on any atom is 0.409 e. The van der Waals surface area contributed by atoms with Crippen molar-refractivity contribution in [2.45, 2.75) is 25.4 Å². The van der Waals surface area contributed by atoms with E-state index in [2.05, 4.69) is 0 Å². The Balaban J connectivity index is 1.41. The number of ether oxygens (including phenoxy) is 2. The lowest BCUT2D eigenvalue weighted by Crippen LogP contribution is -2.30. The van der Waals surface area contributed by atoms with E-state index in [9.17, 15) is 14.7 Å². The number of hydrogen-bond donors (Lipinski definition) is 2. The summed E-state index contributed by atoms with van der Waals surface area (Å²) in [5, 5.41) is 19.7. The van der Waals surface area contributed by atoms with Gasteiger partial charge in [0, 0.05) is 13.5 Å². The van der Waals surface area contributed by atoms with Crippen LogP contribution in [0.3, 0.4) is 0 Å². The van der Waals surface area contributed by atoms with E-state index in [0.29, 0.717) is 44.8 Å². The number of thiazole rings is 1. The Morgan fingerprint density at radius 1 is 1.26 bits per heavy atom. The summed E-state index contributed by atoms with van der Waals surface area (Å²) in [5.41, 5.74) is 1.88. The Labute approximate surface area is 209 Å². The molecule has 0 radical (unpaired) electrons. The molecule has 0 aliphatic carbocycles. The maximum absolute atomic E-state index is 11.5. The van der Waals surface area contributed by atoms with Crippen molar-refractivity contribution in [1.29, 1.82) is 0 Å². The molecule has 2 heterocycles. The van der Waals surface area contributed by atoms with Crippen molar-refractivity contribution < 1.29 is 29.3 Å². The Bertz CT molecular complexity index is 1290. The zero-order valence-corrected chi connectivity index (χ0v) is 20.5. The number of aromatic hydroxyl groups is 1. The number of carbonyl (C=O) groups is 2. The zero-order chi connectivity index (χ0) is 24.4. The first-order chi connectivity index (χ1) is 16.2. The van der Waals surface area contributed by atoms with E-state index in [-0.39, 0.29) is 18.0 Å². The summed E-state index contributed by atoms with van der Waals surface area (Å²) >= 11 is 12.8. The molecule has 1 atom stereocenters. The van der Waals surface area contributed by atoms with Crippen LogP contribution in [0.25, 0.3) is 0 Å². The van der Waals surface area contributed by atoms with Gasteiger partial charge in [0.2, 0.25) is 5.88 Å². The van der Waals surface area contributed by atoms with Crippen molar-refractivity contribution in [3.8, 4) is 17.4 Å². The van der Waals surface area contributed by atoms with Crippen molar-refractivity contribution >= 4 is 47.2 Å². The second-order valence-corrected chi connectivity index (χ2v) is 9.96. The first kappa shape index (κ1) is 24.1. The van der Waals surface area contributed by atoms with Gasteiger partial charge in [0.15, 0.2) is 3.95 Å². The highest BCUT2D eigenvalue weighted by Gasteiger charge is 2.29. The molecular formula is C23H21ClN2O6S2. The van der Waals surface area contributed by atoms with Gasteiger partial charge in [0.1, 0.15) is 24.7 Å². The third-order valence-corrected chi connectivity index (χ3v) is 7.18. The molecule has 4 rings (SSSR count). The van der Waals surface area contributed by atoms with Gasteiger partial charge in [0.25, 0.3) is 0 Å². The molecule has 1 aliphatic heterocycles. The molecular weight excluding hydrogens is 500 g/mol. The first-order valence-corrected chi connectivity index (χ1v) is 11.9. The molecule has 0 saturated carbocycles. The average molecular weight is 521 g/mol. The summed E-state index contributed by atoms with van der Waals surface area (Å²) in [4.78, 5) is 24.6. The van der Waals surface area contributed by atoms with Crippen LogP contribution >= 0.6 is 35.2 Å². The molecule has 1 saturated heterocycles. The lowest BCUT2D eigenvalue weighted by atomic mass is 10.1. The fourth-order valence-electron chi connectivity index (χ4n) is 3.57. The molecule has 2 aromatic carbocycles. The lowest BCUT2D eigenvalue weighted by Gasteiger charge is -2.16. The number of rotatable bonds is 8. The van der Waals surface area contributed by atoms with E-state index in [0.717, 1.165) is 22.5 Å². The molecule has 178 valence electrons. The topological polar surface area (TPSA) is 101 Å². The van der Waals surface area contributed by atoms with Gasteiger partial charge in [-0.2, -0.15) is 0 Å². The molecule has 1 fully saturated rings. The van der Waals surface area contributed by atoms with Crippen LogP contribution in [0.1, 0.15) is 16.0 Å². The third kappa shape index (κ3) is 5.35. The molecule has 2 N–H and O–H groups in total. The molecule has 1 aliphatic rings. The molecule has 34 heavy (non-hydrogen) atoms. The number of carbonyl (C=O) groups excluding carboxylic acids is 1. The summed E-state index contributed by atoms with van der Waals surface area (Å²) in [6.45, 7) is -0.0111. The molecule has 0 spiro atoms. The molecule has 11 heteroatoms. The van der Waals surface area contributed by atoms with Crippen molar-refractivity contribution in [2.24, 2.45) is 0 Å². The quantitative estimate of drug-likeness (QED) is 0.398. The minimum atomic E-state index is -1.08. The molecule has 1 aromatic heterocycles. The predicted octanol–water partition coefficient (Wildman–Crippen LogP) is 5.10. The van der Waals surface area contributed by atoms with Crippen LogP contribution in [0.15, 0.2) is 42.5 Å². The van der Waals surface area contributed by atoms with Crippen molar-refractivity contribution in [1.82, 2.24) is 9.47 Å². The van der Waals surface area contributed by atoms with Crippen LogP contribution in [-0.4, -0.2) is 51.4 Å². The van der Waals surface area contributed by atoms with Gasteiger partial charge < -0.3 is 24.6 Å². The minimum Gasteiger partial charge on any atom is -0.494 e. The number of benzene rings is 2. The molecule has 3 aromatic rings. The van der Waals surface area contributed by atoms with Gasteiger partial charge >= 0.3 is 12.1 Å². The Hall–Kier alpha value is -3.08. The summed E-state index contributed by atoms with van der Waals surface area (Å²) < 4.78 is 12.4. The third-order valence-electron chi connectivity index (χ3n) is 5.45. The number of cyclic esters (lactones) is 1. The summed E-state index contributed by atoms with van der Waals surface area (Å²) in [6, 6.07) is 12.9. The normalized spacial score (nSPS) is 15.4. The smallest absolute Gasteiger partial charge is 0.409 e. The lowest BCUT2D eigenvalue weighted by molar-refractivity contribution is -0.137. The Morgan fingerprint density at radius 3 is 2.59 bits per heavy atom. The van der Waals surface area contributed by atoms with Gasteiger partial charge in [-0.3, -0.25) is 9.36 Å². The number of nitrogens with zero attached hydrogens (tertiary/aromatic N) is 2. The van der Waals surface area contributed by atoms with Crippen LogP contribution in [0.4, 0.5) is 4.79 Å². The van der Waals surface area contributed by atoms with E-state index in [1.54, 1.807) is 24.1 Å². The number of carboxylic acids is 1. The minimum absolute atomic E-state index is 0.0133. The number of likely N-dealkylation sites (N-methyl/N-ethyl adjacent to an activating group) is 1. The van der Waals surface area contributed by atoms with E-state index < -0.39 is 12.5 Å². The van der Waals surface area contributed by atoms with Crippen LogP contribution in [-0.2, 0) is 28.9 Å². The van der Waals surface area contributed by atoms with Crippen LogP contribution < -0.4 is 4.74 Å². The van der Waals surface area contributed by atoms with E-state index in [1.807, 2.05) is 30.3 Å². The Kier molecular flexibility index (Phi) is 7.11. The molecule has 1 amide bonds. The number of aliphatic carboxylic acids is 1. The van der Waals surface area contributed by atoms with Crippen LogP contribution in [0, 0.1) is 3.95 Å². The van der Waals surface area contributed by atoms with E-state index in [4.69, 9.17) is 38.4 Å². The Morgan fingerprint density at radius 2 is 1.97 bits per heavy atom. The highest BCUT2D eigenvalue weighted by molar-refractivity contribution is 7.73. The zero-order valence-electron chi connectivity index (χ0n) is 18.1. The standard InChI is InChI=1S/C23H21ClN2O6S2/c1-25-15(12-31-22(25)30)8-13-2-5-16(6-3-13)32-18-7-4-14(9-17(18)24)10-19-21(29)26(11-20(27)28)23(33)34-19/h2-7,9,15,29H,8,10-12H2,1H3,(H,27,28). The van der Waals surface area contributed by atoms with Crippen molar-refractivity contribution in [3.05, 3.63) is 67.4 Å². The summed E-state index contributed by atoms with van der Waals surface area (Å²) in [5.74, 6) is -0.128. The van der Waals surface area contributed by atoms with Gasteiger partial charge in [0.05, 0.1) is 15.9 Å². The number of halogens is 1. The van der Waals surface area contributed by atoms with Gasteiger partial charge in [-0.15, -0.1) is 11.3 Å². The summed E-state index contributed by atoms with van der Waals surface area (Å²) in [6.07, 6.45) is 0.733. The molecule has 1 unspecified atom stereocenters. The van der Waals surface area contributed by atoms with E-state index >= 15 is 0 Å². The fourth-order valence-corrected chi connectivity index (χ4v) is 5.18.